The molecule has 0 spiro atoms. The smallest absolute Gasteiger partial charge is 0.337 e. The zero-order valence-corrected chi connectivity index (χ0v) is 21.9. The molecule has 0 aromatic heterocycles. The summed E-state index contributed by atoms with van der Waals surface area (Å²) in [4.78, 5) is 16.3. The molecular formula is C29H24Cl2N2O4. The second-order valence-electron chi connectivity index (χ2n) is 7.93. The van der Waals surface area contributed by atoms with E-state index in [1.54, 1.807) is 62.8 Å². The quantitative estimate of drug-likeness (QED) is 0.145. The average Bonchev–Trinajstić information content (AvgIpc) is 2.91. The van der Waals surface area contributed by atoms with Gasteiger partial charge in [-0.25, -0.2) is 4.79 Å². The van der Waals surface area contributed by atoms with Crippen LogP contribution in [0.5, 0.6) is 11.5 Å². The van der Waals surface area contributed by atoms with Crippen LogP contribution >= 0.6 is 23.2 Å². The Bertz CT molecular complexity index is 1480. The lowest BCUT2D eigenvalue weighted by atomic mass is 10.0. The van der Waals surface area contributed by atoms with Gasteiger partial charge in [0.05, 0.1) is 19.8 Å². The van der Waals surface area contributed by atoms with Gasteiger partial charge in [-0.2, -0.15) is 0 Å². The van der Waals surface area contributed by atoms with Crippen LogP contribution in [0.2, 0.25) is 10.0 Å². The molecule has 0 saturated heterocycles. The maximum atomic E-state index is 11.8. The van der Waals surface area contributed by atoms with Gasteiger partial charge in [-0.1, -0.05) is 41.4 Å². The summed E-state index contributed by atoms with van der Waals surface area (Å²) < 4.78 is 16.4. The standard InChI is InChI=1S/C29H24Cl2N2O4/c1-32-28(21-5-4-20-13-26(35-2)11-8-19(20)12-21)27(17-33-24-15-22(30)14-23(31)16-24)37-25-9-6-18(7-10-25)29(34)36-3/h4-17,33H,1-3H3/b27-17+,32-28-. The first-order valence-electron chi connectivity index (χ1n) is 11.2. The summed E-state index contributed by atoms with van der Waals surface area (Å²) in [5.74, 6) is 1.31. The van der Waals surface area contributed by atoms with E-state index in [1.807, 2.05) is 36.4 Å². The van der Waals surface area contributed by atoms with Gasteiger partial charge in [-0.15, -0.1) is 0 Å². The van der Waals surface area contributed by atoms with Crippen molar-refractivity contribution in [3.63, 3.8) is 0 Å². The fourth-order valence-corrected chi connectivity index (χ4v) is 4.24. The maximum absolute atomic E-state index is 11.8. The lowest BCUT2D eigenvalue weighted by Crippen LogP contribution is -2.13. The van der Waals surface area contributed by atoms with Crippen molar-refractivity contribution in [2.45, 2.75) is 0 Å². The first-order valence-corrected chi connectivity index (χ1v) is 12.0. The number of fused-ring (bicyclic) bond motifs is 1. The van der Waals surface area contributed by atoms with Crippen LogP contribution in [0.1, 0.15) is 15.9 Å². The fourth-order valence-electron chi connectivity index (χ4n) is 3.72. The molecule has 0 fully saturated rings. The molecule has 4 rings (SSSR count). The SMILES string of the molecule is C/N=C(\C(=C/Nc1cc(Cl)cc(Cl)c1)Oc1ccc(C(=O)OC)cc1)c1ccc2cc(OC)ccc2c1. The number of hydrogen-bond donors (Lipinski definition) is 1. The lowest BCUT2D eigenvalue weighted by Gasteiger charge is -2.15. The zero-order valence-electron chi connectivity index (χ0n) is 20.4. The Morgan fingerprint density at radius 3 is 2.08 bits per heavy atom. The van der Waals surface area contributed by atoms with E-state index in [9.17, 15) is 4.79 Å². The van der Waals surface area contributed by atoms with E-state index in [-0.39, 0.29) is 0 Å². The Morgan fingerprint density at radius 1 is 0.811 bits per heavy atom. The van der Waals surface area contributed by atoms with Gasteiger partial charge in [0.25, 0.3) is 0 Å². The first kappa shape index (κ1) is 26.1. The minimum atomic E-state index is -0.426. The Hall–Kier alpha value is -4.00. The fraction of sp³-hybridized carbons (Fsp3) is 0.103. The van der Waals surface area contributed by atoms with Crippen molar-refractivity contribution in [1.82, 2.24) is 0 Å². The van der Waals surface area contributed by atoms with Crippen LogP contribution in [0, 0.1) is 0 Å². The average molecular weight is 535 g/mol. The van der Waals surface area contributed by atoms with Gasteiger partial charge in [0.15, 0.2) is 5.76 Å². The summed E-state index contributed by atoms with van der Waals surface area (Å²) in [6, 6.07) is 23.7. The molecule has 0 atom stereocenters. The largest absolute Gasteiger partial charge is 0.497 e. The summed E-state index contributed by atoms with van der Waals surface area (Å²) in [5.41, 5.74) is 2.56. The van der Waals surface area contributed by atoms with E-state index in [0.29, 0.717) is 38.5 Å². The summed E-state index contributed by atoms with van der Waals surface area (Å²) >= 11 is 12.3. The highest BCUT2D eigenvalue weighted by molar-refractivity contribution is 6.35. The van der Waals surface area contributed by atoms with Crippen molar-refractivity contribution in [3.8, 4) is 11.5 Å². The van der Waals surface area contributed by atoms with Crippen molar-refractivity contribution in [2.24, 2.45) is 4.99 Å². The molecule has 0 saturated carbocycles. The van der Waals surface area contributed by atoms with Gasteiger partial charge in [0.1, 0.15) is 17.2 Å². The Labute approximate surface area is 225 Å². The second kappa shape index (κ2) is 11.8. The van der Waals surface area contributed by atoms with E-state index in [2.05, 4.69) is 10.3 Å². The van der Waals surface area contributed by atoms with Gasteiger partial charge < -0.3 is 19.5 Å². The summed E-state index contributed by atoms with van der Waals surface area (Å²) in [6.07, 6.45) is 1.69. The number of esters is 1. The van der Waals surface area contributed by atoms with Crippen molar-refractivity contribution >= 4 is 51.3 Å². The third-order valence-electron chi connectivity index (χ3n) is 5.51. The van der Waals surface area contributed by atoms with Crippen LogP contribution in [0.4, 0.5) is 5.69 Å². The third kappa shape index (κ3) is 6.42. The minimum Gasteiger partial charge on any atom is -0.497 e. The number of carbonyl (C=O) groups is 1. The molecule has 0 heterocycles. The predicted molar refractivity (Wildman–Crippen MR) is 150 cm³/mol. The van der Waals surface area contributed by atoms with Crippen LogP contribution in [-0.2, 0) is 4.74 Å². The highest BCUT2D eigenvalue weighted by atomic mass is 35.5. The number of rotatable bonds is 8. The first-order chi connectivity index (χ1) is 17.9. The van der Waals surface area contributed by atoms with E-state index in [4.69, 9.17) is 37.4 Å². The van der Waals surface area contributed by atoms with Gasteiger partial charge in [0.2, 0.25) is 0 Å². The molecule has 0 unspecified atom stereocenters. The molecule has 0 aliphatic rings. The van der Waals surface area contributed by atoms with Crippen LogP contribution in [0.15, 0.2) is 95.8 Å². The summed E-state index contributed by atoms with van der Waals surface area (Å²) in [7, 11) is 4.68. The number of nitrogens with one attached hydrogen (secondary N) is 1. The number of aliphatic imine (C=N–C) groups is 1. The molecular weight excluding hydrogens is 511 g/mol. The number of anilines is 1. The monoisotopic (exact) mass is 534 g/mol. The Morgan fingerprint density at radius 2 is 1.43 bits per heavy atom. The van der Waals surface area contributed by atoms with Gasteiger partial charge in [-0.3, -0.25) is 4.99 Å². The number of methoxy groups -OCH3 is 2. The highest BCUT2D eigenvalue weighted by Crippen LogP contribution is 2.26. The number of halogens is 2. The topological polar surface area (TPSA) is 69.2 Å². The van der Waals surface area contributed by atoms with Crippen LogP contribution in [-0.4, -0.2) is 32.9 Å². The summed E-state index contributed by atoms with van der Waals surface area (Å²) in [6.45, 7) is 0. The molecule has 188 valence electrons. The molecule has 1 N–H and O–H groups in total. The molecule has 0 aliphatic heterocycles. The van der Waals surface area contributed by atoms with Crippen LogP contribution in [0.25, 0.3) is 10.8 Å². The number of carbonyl (C=O) groups excluding carboxylic acids is 1. The Balaban J connectivity index is 1.72. The van der Waals surface area contributed by atoms with E-state index >= 15 is 0 Å². The minimum absolute atomic E-state index is 0.418. The van der Waals surface area contributed by atoms with E-state index in [0.717, 1.165) is 22.1 Å². The Kier molecular flexibility index (Phi) is 8.33. The lowest BCUT2D eigenvalue weighted by molar-refractivity contribution is 0.0600. The van der Waals surface area contributed by atoms with Gasteiger partial charge >= 0.3 is 5.97 Å². The number of hydrogen-bond acceptors (Lipinski definition) is 6. The molecule has 4 aromatic carbocycles. The predicted octanol–water partition coefficient (Wildman–Crippen LogP) is 7.39. The van der Waals surface area contributed by atoms with Crippen LogP contribution in [0.3, 0.4) is 0 Å². The maximum Gasteiger partial charge on any atom is 0.337 e. The van der Waals surface area contributed by atoms with Crippen molar-refractivity contribution in [2.75, 3.05) is 26.6 Å². The molecule has 0 bridgehead atoms. The van der Waals surface area contributed by atoms with Crippen LogP contribution < -0.4 is 14.8 Å². The van der Waals surface area contributed by atoms with Crippen molar-refractivity contribution < 1.29 is 19.0 Å². The van der Waals surface area contributed by atoms with Gasteiger partial charge in [0, 0.05) is 34.5 Å². The number of ether oxygens (including phenoxy) is 3. The molecule has 6 nitrogen and oxygen atoms in total. The molecule has 0 radical (unpaired) electrons. The second-order valence-corrected chi connectivity index (χ2v) is 8.80. The highest BCUT2D eigenvalue weighted by Gasteiger charge is 2.15. The zero-order chi connectivity index (χ0) is 26.4. The summed E-state index contributed by atoms with van der Waals surface area (Å²) in [5, 5.41) is 6.25. The number of allylic oxidation sites excluding steroid dienone is 1. The molecule has 37 heavy (non-hydrogen) atoms. The van der Waals surface area contributed by atoms with Crippen molar-refractivity contribution in [3.05, 3.63) is 112 Å². The molecule has 8 heteroatoms. The van der Waals surface area contributed by atoms with E-state index < -0.39 is 5.97 Å². The van der Waals surface area contributed by atoms with Gasteiger partial charge in [-0.05, 0) is 71.4 Å². The number of benzene rings is 4. The van der Waals surface area contributed by atoms with Crippen molar-refractivity contribution in [1.29, 1.82) is 0 Å². The molecule has 4 aromatic rings. The third-order valence-corrected chi connectivity index (χ3v) is 5.95. The molecule has 0 aliphatic carbocycles. The molecule has 0 amide bonds. The normalized spacial score (nSPS) is 11.8. The number of nitrogens with zero attached hydrogens (tertiary/aromatic N) is 1. The van der Waals surface area contributed by atoms with E-state index in [1.165, 1.54) is 7.11 Å².